The largest absolute Gasteiger partial charge is 0.481 e. The number of carbonyl (C=O) groups is 1. The molecule has 0 fully saturated rings. The van der Waals surface area contributed by atoms with Crippen molar-refractivity contribution in [2.24, 2.45) is 0 Å². The van der Waals surface area contributed by atoms with Crippen LogP contribution in [0.4, 0.5) is 4.39 Å². The third kappa shape index (κ3) is 6.10. The quantitative estimate of drug-likeness (QED) is 0.217. The molecule has 228 valence electrons. The molecule has 1 N–H and O–H groups in total. The van der Waals surface area contributed by atoms with Crippen LogP contribution < -0.4 is 9.47 Å². The molecule has 3 aromatic carbocycles. The minimum absolute atomic E-state index is 0.0451. The predicted molar refractivity (Wildman–Crippen MR) is 169 cm³/mol. The fourth-order valence-corrected chi connectivity index (χ4v) is 5.38. The van der Waals surface area contributed by atoms with Crippen LogP contribution in [0.3, 0.4) is 0 Å². The van der Waals surface area contributed by atoms with Crippen LogP contribution in [-0.2, 0) is 9.53 Å². The van der Waals surface area contributed by atoms with Crippen LogP contribution in [0.5, 0.6) is 11.5 Å². The Balaban J connectivity index is 1.64. The summed E-state index contributed by atoms with van der Waals surface area (Å²) in [4.78, 5) is 17.5. The van der Waals surface area contributed by atoms with E-state index in [4.69, 9.17) is 24.3 Å². The van der Waals surface area contributed by atoms with Crippen LogP contribution in [0, 0.1) is 31.5 Å². The summed E-state index contributed by atoms with van der Waals surface area (Å²) >= 11 is 0. The second kappa shape index (κ2) is 11.7. The number of aromatic nitrogens is 3. The number of benzene rings is 3. The highest BCUT2D eigenvalue weighted by Crippen LogP contribution is 2.39. The third-order valence-corrected chi connectivity index (χ3v) is 7.39. The zero-order valence-corrected chi connectivity index (χ0v) is 25.6. The van der Waals surface area contributed by atoms with E-state index in [0.717, 1.165) is 16.7 Å². The Morgan fingerprint density at radius 2 is 1.69 bits per heavy atom. The molecule has 3 heterocycles. The van der Waals surface area contributed by atoms with Crippen molar-refractivity contribution in [1.82, 2.24) is 14.6 Å². The molecular weight excluding hydrogens is 573 g/mol. The van der Waals surface area contributed by atoms with Crippen LogP contribution in [0.15, 0.2) is 66.7 Å². The number of aliphatic carboxylic acids is 1. The number of hydrogen-bond acceptors (Lipinski definition) is 6. The lowest BCUT2D eigenvalue weighted by molar-refractivity contribution is -0.160. The van der Waals surface area contributed by atoms with E-state index in [2.05, 4.69) is 11.8 Å². The van der Waals surface area contributed by atoms with Crippen molar-refractivity contribution >= 4 is 11.6 Å². The highest BCUT2D eigenvalue weighted by molar-refractivity contribution is 5.82. The van der Waals surface area contributed by atoms with E-state index in [-0.39, 0.29) is 13.2 Å². The average molecular weight is 606 g/mol. The van der Waals surface area contributed by atoms with Gasteiger partial charge in [0.15, 0.2) is 11.8 Å². The smallest absolute Gasteiger partial charge is 0.337 e. The van der Waals surface area contributed by atoms with Gasteiger partial charge >= 0.3 is 5.97 Å². The van der Waals surface area contributed by atoms with Gasteiger partial charge in [0.25, 0.3) is 0 Å². The topological polar surface area (TPSA) is 95.2 Å². The lowest BCUT2D eigenvalue weighted by Crippen LogP contribution is -2.29. The molecule has 2 aromatic heterocycles. The van der Waals surface area contributed by atoms with E-state index in [1.54, 1.807) is 17.5 Å². The first-order valence-electron chi connectivity index (χ1n) is 14.5. The fourth-order valence-electron chi connectivity index (χ4n) is 5.38. The summed E-state index contributed by atoms with van der Waals surface area (Å²) in [6, 6.07) is 19.6. The van der Waals surface area contributed by atoms with Gasteiger partial charge in [0, 0.05) is 40.1 Å². The van der Waals surface area contributed by atoms with E-state index in [0.29, 0.717) is 50.9 Å². The Morgan fingerprint density at radius 1 is 0.956 bits per heavy atom. The van der Waals surface area contributed by atoms with Crippen LogP contribution in [-0.4, -0.2) is 44.5 Å². The van der Waals surface area contributed by atoms with Gasteiger partial charge in [-0.3, -0.25) is 0 Å². The molecule has 0 spiro atoms. The molecule has 8 nitrogen and oxygen atoms in total. The highest BCUT2D eigenvalue weighted by atomic mass is 19.1. The molecule has 0 radical (unpaired) electrons. The Bertz CT molecular complexity index is 2020. The maximum absolute atomic E-state index is 14.2. The molecule has 0 amide bonds. The van der Waals surface area contributed by atoms with Gasteiger partial charge in [-0.15, -0.1) is 0 Å². The Hall–Kier alpha value is -5.20. The van der Waals surface area contributed by atoms with Crippen molar-refractivity contribution in [2.75, 3.05) is 13.2 Å². The van der Waals surface area contributed by atoms with Gasteiger partial charge in [0.05, 0.1) is 17.0 Å². The predicted octanol–water partition coefficient (Wildman–Crippen LogP) is 7.20. The number of halogens is 1. The molecule has 6 bridgehead atoms. The molecule has 1 atom stereocenters. The van der Waals surface area contributed by atoms with Crippen LogP contribution >= 0.6 is 0 Å². The number of fused-ring (bicyclic) bond motifs is 9. The number of carboxylic acids is 1. The summed E-state index contributed by atoms with van der Waals surface area (Å²) in [6.07, 6.45) is -1.32. The lowest BCUT2D eigenvalue weighted by Gasteiger charge is -2.27. The molecule has 1 aliphatic heterocycles. The zero-order chi connectivity index (χ0) is 31.9. The van der Waals surface area contributed by atoms with Crippen molar-refractivity contribution in [3.63, 3.8) is 0 Å². The maximum Gasteiger partial charge on any atom is 0.337 e. The van der Waals surface area contributed by atoms with Crippen molar-refractivity contribution in [3.05, 3.63) is 89.4 Å². The number of hydrogen-bond donors (Lipinski definition) is 1. The molecule has 0 aliphatic carbocycles. The van der Waals surface area contributed by atoms with E-state index < -0.39 is 23.5 Å². The summed E-state index contributed by atoms with van der Waals surface area (Å²) in [6.45, 7) is 9.27. The SMILES string of the molecule is Cc1ccc2cc1OCC#CCOc1cc(F)ccc1-c1cccc(c1)-c1cc3nc(C)c([C@H](OC(C)(C)C)C(=O)O)c-2n3n1. The van der Waals surface area contributed by atoms with E-state index in [1.807, 2.05) is 76.2 Å². The Labute approximate surface area is 260 Å². The minimum Gasteiger partial charge on any atom is -0.481 e. The first kappa shape index (κ1) is 29.9. The summed E-state index contributed by atoms with van der Waals surface area (Å²) in [5, 5.41) is 15.4. The van der Waals surface area contributed by atoms with E-state index >= 15 is 0 Å². The highest BCUT2D eigenvalue weighted by Gasteiger charge is 2.33. The Kier molecular flexibility index (Phi) is 7.77. The number of nitrogens with zero attached hydrogens (tertiary/aromatic N) is 3. The third-order valence-electron chi connectivity index (χ3n) is 7.39. The first-order valence-corrected chi connectivity index (χ1v) is 14.5. The standard InChI is InChI=1S/C36H32FN3O5/c1-21-11-12-25-18-29(21)43-15-6-7-16-44-30-19-26(37)13-14-27(30)23-9-8-10-24(17-23)28-20-31-38-22(2)32(33(25)40(31)39-28)34(35(41)42)45-36(3,4)5/h8-14,17-20,34H,15-16H2,1-5H3,(H,41,42)/t34-/m0/s1. The van der Waals surface area contributed by atoms with Gasteiger partial charge in [-0.05, 0) is 70.0 Å². The first-order chi connectivity index (χ1) is 21.5. The van der Waals surface area contributed by atoms with Crippen LogP contribution in [0.1, 0.15) is 43.7 Å². The monoisotopic (exact) mass is 605 g/mol. The minimum atomic E-state index is -1.32. The molecule has 1 aliphatic rings. The second-order valence-corrected chi connectivity index (χ2v) is 11.8. The second-order valence-electron chi connectivity index (χ2n) is 11.8. The zero-order valence-electron chi connectivity index (χ0n) is 25.6. The van der Waals surface area contributed by atoms with E-state index in [9.17, 15) is 14.3 Å². The number of aryl methyl sites for hydroxylation is 2. The summed E-state index contributed by atoms with van der Waals surface area (Å²) in [7, 11) is 0. The summed E-state index contributed by atoms with van der Waals surface area (Å²) in [5.74, 6) is 5.29. The number of ether oxygens (including phenoxy) is 3. The van der Waals surface area contributed by atoms with Gasteiger partial charge in [-0.2, -0.15) is 5.10 Å². The summed E-state index contributed by atoms with van der Waals surface area (Å²) in [5.41, 5.74) is 5.66. The fraction of sp³-hybridized carbons (Fsp3) is 0.250. The van der Waals surface area contributed by atoms with Crippen molar-refractivity contribution in [3.8, 4) is 57.0 Å². The normalized spacial score (nSPS) is 13.5. The molecule has 6 rings (SSSR count). The molecule has 0 unspecified atom stereocenters. The average Bonchev–Trinajstić information content (AvgIpc) is 3.41. The van der Waals surface area contributed by atoms with Crippen LogP contribution in [0.2, 0.25) is 0 Å². The van der Waals surface area contributed by atoms with Gasteiger partial charge in [-0.1, -0.05) is 42.2 Å². The van der Waals surface area contributed by atoms with Crippen molar-refractivity contribution in [1.29, 1.82) is 0 Å². The Morgan fingerprint density at radius 3 is 2.42 bits per heavy atom. The van der Waals surface area contributed by atoms with Crippen molar-refractivity contribution < 1.29 is 28.5 Å². The molecule has 45 heavy (non-hydrogen) atoms. The lowest BCUT2D eigenvalue weighted by atomic mass is 9.98. The van der Waals surface area contributed by atoms with E-state index in [1.165, 1.54) is 12.1 Å². The maximum atomic E-state index is 14.2. The van der Waals surface area contributed by atoms with Gasteiger partial charge in [-0.25, -0.2) is 18.7 Å². The van der Waals surface area contributed by atoms with Gasteiger partial charge in [0.1, 0.15) is 30.5 Å². The molecular formula is C36H32FN3O5. The van der Waals surface area contributed by atoms with Gasteiger partial charge < -0.3 is 19.3 Å². The molecule has 0 saturated carbocycles. The molecule has 0 saturated heterocycles. The summed E-state index contributed by atoms with van der Waals surface area (Å²) < 4.78 is 34.0. The van der Waals surface area contributed by atoms with Crippen LogP contribution in [0.25, 0.3) is 39.3 Å². The molecule has 9 heteroatoms. The number of rotatable bonds is 3. The number of carboxylic acid groups (broad SMARTS) is 1. The van der Waals surface area contributed by atoms with Crippen molar-refractivity contribution in [2.45, 2.75) is 46.3 Å². The molecule has 5 aromatic rings. The van der Waals surface area contributed by atoms with Gasteiger partial charge in [0.2, 0.25) is 0 Å².